The fourth-order valence-electron chi connectivity index (χ4n) is 1.91. The minimum Gasteiger partial charge on any atom is -0.313 e. The molecule has 2 rings (SSSR count). The van der Waals surface area contributed by atoms with E-state index in [1.807, 2.05) is 0 Å². The van der Waals surface area contributed by atoms with Crippen molar-refractivity contribution in [2.45, 2.75) is 30.5 Å². The van der Waals surface area contributed by atoms with Gasteiger partial charge in [-0.05, 0) is 48.4 Å². The molecule has 0 heterocycles. The molecule has 0 aromatic heterocycles. The van der Waals surface area contributed by atoms with Crippen LogP contribution in [0.1, 0.15) is 24.5 Å². The Morgan fingerprint density at radius 1 is 1.14 bits per heavy atom. The third-order valence-electron chi connectivity index (χ3n) is 3.09. The van der Waals surface area contributed by atoms with Gasteiger partial charge in [-0.1, -0.05) is 36.7 Å². The summed E-state index contributed by atoms with van der Waals surface area (Å²) in [6.45, 7) is 4.08. The highest BCUT2D eigenvalue weighted by Gasteiger charge is 2.04. The number of hydrogen-bond donors (Lipinski definition) is 1. The number of benzene rings is 2. The first kappa shape index (κ1) is 16.3. The van der Waals surface area contributed by atoms with Crippen molar-refractivity contribution in [3.05, 3.63) is 64.4 Å². The van der Waals surface area contributed by atoms with Crippen LogP contribution in [0.2, 0.25) is 5.02 Å². The normalized spacial score (nSPS) is 10.8. The lowest BCUT2D eigenvalue weighted by Crippen LogP contribution is -2.13. The van der Waals surface area contributed by atoms with Gasteiger partial charge in [0.1, 0.15) is 5.82 Å². The van der Waals surface area contributed by atoms with Crippen LogP contribution in [0.3, 0.4) is 0 Å². The summed E-state index contributed by atoms with van der Waals surface area (Å²) in [6, 6.07) is 13.2. The Bertz CT molecular complexity index is 572. The SMILES string of the molecule is CCCNCc1ccc(SCc2ccc(Cl)cc2F)cc1. The summed E-state index contributed by atoms with van der Waals surface area (Å²) in [5.74, 6) is 0.367. The number of thioether (sulfide) groups is 1. The van der Waals surface area contributed by atoms with E-state index in [9.17, 15) is 4.39 Å². The molecule has 1 nitrogen and oxygen atoms in total. The molecule has 0 amide bonds. The number of nitrogens with one attached hydrogen (secondary N) is 1. The number of halogens is 2. The van der Waals surface area contributed by atoms with Crippen molar-refractivity contribution in [1.82, 2.24) is 5.32 Å². The second-order valence-electron chi connectivity index (χ2n) is 4.85. The summed E-state index contributed by atoms with van der Waals surface area (Å²) >= 11 is 7.38. The van der Waals surface area contributed by atoms with E-state index in [4.69, 9.17) is 11.6 Å². The second kappa shape index (κ2) is 8.42. The lowest BCUT2D eigenvalue weighted by molar-refractivity contribution is 0.617. The molecule has 0 atom stereocenters. The predicted molar refractivity (Wildman–Crippen MR) is 89.4 cm³/mol. The summed E-state index contributed by atoms with van der Waals surface area (Å²) in [4.78, 5) is 1.14. The Morgan fingerprint density at radius 3 is 2.57 bits per heavy atom. The summed E-state index contributed by atoms with van der Waals surface area (Å²) in [6.07, 6.45) is 1.14. The van der Waals surface area contributed by atoms with Crippen LogP contribution in [-0.2, 0) is 12.3 Å². The Labute approximate surface area is 134 Å². The molecule has 1 N–H and O–H groups in total. The summed E-state index contributed by atoms with van der Waals surface area (Å²) < 4.78 is 13.7. The molecule has 2 aromatic rings. The maximum absolute atomic E-state index is 13.7. The Morgan fingerprint density at radius 2 is 1.90 bits per heavy atom. The smallest absolute Gasteiger partial charge is 0.128 e. The average molecular weight is 324 g/mol. The average Bonchev–Trinajstić information content (AvgIpc) is 2.48. The molecule has 0 spiro atoms. The zero-order chi connectivity index (χ0) is 15.1. The molecule has 0 fully saturated rings. The molecular formula is C17H19ClFNS. The highest BCUT2D eigenvalue weighted by atomic mass is 35.5. The Hall–Kier alpha value is -1.03. The molecule has 0 bridgehead atoms. The zero-order valence-corrected chi connectivity index (χ0v) is 13.6. The van der Waals surface area contributed by atoms with Gasteiger partial charge in [-0.15, -0.1) is 11.8 Å². The van der Waals surface area contributed by atoms with E-state index >= 15 is 0 Å². The first-order valence-corrected chi connectivity index (χ1v) is 8.42. The van der Waals surface area contributed by atoms with Gasteiger partial charge in [-0.2, -0.15) is 0 Å². The topological polar surface area (TPSA) is 12.0 Å². The van der Waals surface area contributed by atoms with Crippen molar-refractivity contribution in [2.24, 2.45) is 0 Å². The minimum absolute atomic E-state index is 0.240. The van der Waals surface area contributed by atoms with Crippen molar-refractivity contribution < 1.29 is 4.39 Å². The van der Waals surface area contributed by atoms with E-state index in [1.54, 1.807) is 23.9 Å². The number of rotatable bonds is 7. The van der Waals surface area contributed by atoms with Gasteiger partial charge in [0.25, 0.3) is 0 Å². The van der Waals surface area contributed by atoms with Crippen molar-refractivity contribution in [3.8, 4) is 0 Å². The van der Waals surface area contributed by atoms with Crippen molar-refractivity contribution in [2.75, 3.05) is 6.54 Å². The third kappa shape index (κ3) is 5.34. The summed E-state index contributed by atoms with van der Waals surface area (Å²) in [5.41, 5.74) is 1.95. The highest BCUT2D eigenvalue weighted by molar-refractivity contribution is 7.98. The second-order valence-corrected chi connectivity index (χ2v) is 6.33. The molecule has 0 unspecified atom stereocenters. The molecular weight excluding hydrogens is 305 g/mol. The van der Waals surface area contributed by atoms with Crippen LogP contribution in [0.25, 0.3) is 0 Å². The van der Waals surface area contributed by atoms with Gasteiger partial charge in [0.2, 0.25) is 0 Å². The van der Waals surface area contributed by atoms with Crippen molar-refractivity contribution in [1.29, 1.82) is 0 Å². The van der Waals surface area contributed by atoms with Crippen LogP contribution in [0, 0.1) is 5.82 Å². The van der Waals surface area contributed by atoms with Crippen LogP contribution in [0.15, 0.2) is 47.4 Å². The van der Waals surface area contributed by atoms with E-state index in [-0.39, 0.29) is 5.82 Å². The zero-order valence-electron chi connectivity index (χ0n) is 12.0. The molecule has 0 saturated carbocycles. The lowest BCUT2D eigenvalue weighted by atomic mass is 10.2. The van der Waals surface area contributed by atoms with Gasteiger partial charge in [0.05, 0.1) is 0 Å². The molecule has 2 aromatic carbocycles. The molecule has 0 aliphatic heterocycles. The summed E-state index contributed by atoms with van der Waals surface area (Å²) in [7, 11) is 0. The van der Waals surface area contributed by atoms with E-state index in [0.717, 1.165) is 24.4 Å². The molecule has 0 aliphatic carbocycles. The monoisotopic (exact) mass is 323 g/mol. The first-order valence-electron chi connectivity index (χ1n) is 7.05. The Kier molecular flexibility index (Phi) is 6.55. The number of hydrogen-bond acceptors (Lipinski definition) is 2. The summed E-state index contributed by atoms with van der Waals surface area (Å²) in [5, 5.41) is 3.81. The Balaban J connectivity index is 1.88. The third-order valence-corrected chi connectivity index (χ3v) is 4.38. The maximum Gasteiger partial charge on any atom is 0.128 e. The molecule has 4 heteroatoms. The van der Waals surface area contributed by atoms with Crippen LogP contribution < -0.4 is 5.32 Å². The van der Waals surface area contributed by atoms with Crippen LogP contribution in [-0.4, -0.2) is 6.54 Å². The first-order chi connectivity index (χ1) is 10.2. The van der Waals surface area contributed by atoms with Gasteiger partial charge in [0.15, 0.2) is 0 Å². The van der Waals surface area contributed by atoms with E-state index < -0.39 is 0 Å². The molecule has 112 valence electrons. The van der Waals surface area contributed by atoms with Crippen LogP contribution in [0.5, 0.6) is 0 Å². The maximum atomic E-state index is 13.7. The van der Waals surface area contributed by atoms with Gasteiger partial charge >= 0.3 is 0 Å². The van der Waals surface area contributed by atoms with Crippen molar-refractivity contribution >= 4 is 23.4 Å². The van der Waals surface area contributed by atoms with Gasteiger partial charge < -0.3 is 5.32 Å². The standard InChI is InChI=1S/C17H19ClFNS/c1-2-9-20-11-13-3-7-16(8-4-13)21-12-14-5-6-15(18)10-17(14)19/h3-8,10,20H,2,9,11-12H2,1H3. The van der Waals surface area contributed by atoms with E-state index in [0.29, 0.717) is 16.3 Å². The van der Waals surface area contributed by atoms with Crippen molar-refractivity contribution in [3.63, 3.8) is 0 Å². The van der Waals surface area contributed by atoms with Crippen LogP contribution in [0.4, 0.5) is 4.39 Å². The van der Waals surface area contributed by atoms with Gasteiger partial charge in [-0.3, -0.25) is 0 Å². The molecule has 0 aliphatic rings. The largest absolute Gasteiger partial charge is 0.313 e. The lowest BCUT2D eigenvalue weighted by Gasteiger charge is -2.06. The highest BCUT2D eigenvalue weighted by Crippen LogP contribution is 2.25. The molecule has 21 heavy (non-hydrogen) atoms. The quantitative estimate of drug-likeness (QED) is 0.550. The van der Waals surface area contributed by atoms with Crippen LogP contribution >= 0.6 is 23.4 Å². The molecule has 0 saturated heterocycles. The predicted octanol–water partition coefficient (Wildman–Crippen LogP) is 5.27. The molecule has 0 radical (unpaired) electrons. The van der Waals surface area contributed by atoms with Gasteiger partial charge in [-0.25, -0.2) is 4.39 Å². The van der Waals surface area contributed by atoms with E-state index in [2.05, 4.69) is 36.5 Å². The fraction of sp³-hybridized carbons (Fsp3) is 0.294. The van der Waals surface area contributed by atoms with Gasteiger partial charge in [0, 0.05) is 22.2 Å². The fourth-order valence-corrected chi connectivity index (χ4v) is 2.96. The van der Waals surface area contributed by atoms with E-state index in [1.165, 1.54) is 11.6 Å². The minimum atomic E-state index is -0.240.